The molecule has 3 N–H and O–H groups in total. The van der Waals surface area contributed by atoms with Gasteiger partial charge in [0, 0.05) is 11.1 Å². The Morgan fingerprint density at radius 1 is 0.944 bits per heavy atom. The molecule has 0 aliphatic heterocycles. The number of nitrogens with one attached hydrogen (secondary N) is 1. The van der Waals surface area contributed by atoms with E-state index in [0.29, 0.717) is 11.6 Å². The molecule has 0 amide bonds. The Balaban J connectivity index is 2.05. The molecule has 0 saturated heterocycles. The van der Waals surface area contributed by atoms with E-state index in [1.807, 2.05) is 24.3 Å². The summed E-state index contributed by atoms with van der Waals surface area (Å²) in [5, 5.41) is 5.56. The molecule has 0 bridgehead atoms. The number of hydrogen-bond donors (Lipinski definition) is 2. The fourth-order valence-electron chi connectivity index (χ4n) is 1.91. The maximum Gasteiger partial charge on any atom is 0.151 e. The van der Waals surface area contributed by atoms with Crippen LogP contribution in [0, 0.1) is 0 Å². The summed E-state index contributed by atoms with van der Waals surface area (Å²) >= 11 is 0. The second-order valence-electron chi connectivity index (χ2n) is 3.98. The fraction of sp³-hybridized carbons (Fsp3) is 0. The number of nitrogens with two attached hydrogens (primary N) is 1. The van der Waals surface area contributed by atoms with Gasteiger partial charge >= 0.3 is 0 Å². The van der Waals surface area contributed by atoms with E-state index in [1.54, 1.807) is 6.20 Å². The Morgan fingerprint density at radius 3 is 2.67 bits per heavy atom. The van der Waals surface area contributed by atoms with Gasteiger partial charge < -0.3 is 11.1 Å². The molecule has 4 nitrogen and oxygen atoms in total. The van der Waals surface area contributed by atoms with Crippen molar-refractivity contribution in [2.24, 2.45) is 0 Å². The number of nitrogens with zero attached hydrogens (tertiary/aromatic N) is 2. The standard InChI is InChI=1S/C14H12N4/c15-13-8-16-9-14(18-13)17-12-7-3-5-10-4-1-2-6-11(10)12/h1-9H,(H3,15,17,18). The van der Waals surface area contributed by atoms with Crippen LogP contribution in [0.3, 0.4) is 0 Å². The summed E-state index contributed by atoms with van der Waals surface area (Å²) in [6.45, 7) is 0. The maximum atomic E-state index is 5.61. The SMILES string of the molecule is Nc1cncc(Nc2cccc3ccccc23)n1. The molecule has 3 rings (SSSR count). The highest BCUT2D eigenvalue weighted by molar-refractivity contribution is 5.95. The van der Waals surface area contributed by atoms with Gasteiger partial charge in [0.2, 0.25) is 0 Å². The van der Waals surface area contributed by atoms with E-state index in [2.05, 4.69) is 33.5 Å². The van der Waals surface area contributed by atoms with Crippen molar-refractivity contribution in [2.75, 3.05) is 11.1 Å². The first-order chi connectivity index (χ1) is 8.83. The van der Waals surface area contributed by atoms with Crippen molar-refractivity contribution >= 4 is 28.1 Å². The molecule has 2 aromatic carbocycles. The van der Waals surface area contributed by atoms with Crippen molar-refractivity contribution in [1.29, 1.82) is 0 Å². The number of anilines is 3. The van der Waals surface area contributed by atoms with Gasteiger partial charge in [-0.05, 0) is 11.5 Å². The summed E-state index contributed by atoms with van der Waals surface area (Å²) in [5.41, 5.74) is 6.60. The highest BCUT2D eigenvalue weighted by Crippen LogP contribution is 2.25. The van der Waals surface area contributed by atoms with Gasteiger partial charge in [-0.25, -0.2) is 4.98 Å². The molecule has 0 radical (unpaired) electrons. The summed E-state index contributed by atoms with van der Waals surface area (Å²) in [5.74, 6) is 1.05. The van der Waals surface area contributed by atoms with Gasteiger partial charge in [0.1, 0.15) is 5.82 Å². The molecule has 4 heteroatoms. The Kier molecular flexibility index (Phi) is 2.53. The minimum Gasteiger partial charge on any atom is -0.382 e. The molecule has 18 heavy (non-hydrogen) atoms. The van der Waals surface area contributed by atoms with Crippen LogP contribution in [0.5, 0.6) is 0 Å². The predicted octanol–water partition coefficient (Wildman–Crippen LogP) is 2.96. The molecule has 0 aliphatic rings. The van der Waals surface area contributed by atoms with Crippen LogP contribution in [-0.4, -0.2) is 9.97 Å². The van der Waals surface area contributed by atoms with Crippen molar-refractivity contribution in [2.45, 2.75) is 0 Å². The van der Waals surface area contributed by atoms with Gasteiger partial charge in [0.25, 0.3) is 0 Å². The van der Waals surface area contributed by atoms with Crippen molar-refractivity contribution in [1.82, 2.24) is 9.97 Å². The lowest BCUT2D eigenvalue weighted by atomic mass is 10.1. The average molecular weight is 236 g/mol. The zero-order valence-electron chi connectivity index (χ0n) is 9.67. The Bertz CT molecular complexity index is 689. The zero-order valence-corrected chi connectivity index (χ0v) is 9.67. The van der Waals surface area contributed by atoms with Crippen molar-refractivity contribution in [3.8, 4) is 0 Å². The van der Waals surface area contributed by atoms with Gasteiger partial charge in [-0.3, -0.25) is 4.98 Å². The first kappa shape index (κ1) is 10.5. The highest BCUT2D eigenvalue weighted by atomic mass is 15.0. The van der Waals surface area contributed by atoms with Gasteiger partial charge in [0.05, 0.1) is 12.4 Å². The van der Waals surface area contributed by atoms with Crippen LogP contribution in [-0.2, 0) is 0 Å². The molecule has 0 unspecified atom stereocenters. The van der Waals surface area contributed by atoms with Crippen LogP contribution in [0.2, 0.25) is 0 Å². The molecule has 0 spiro atoms. The fourth-order valence-corrected chi connectivity index (χ4v) is 1.91. The Morgan fingerprint density at radius 2 is 1.78 bits per heavy atom. The first-order valence-corrected chi connectivity index (χ1v) is 5.65. The largest absolute Gasteiger partial charge is 0.382 e. The van der Waals surface area contributed by atoms with E-state index >= 15 is 0 Å². The summed E-state index contributed by atoms with van der Waals surface area (Å²) < 4.78 is 0. The van der Waals surface area contributed by atoms with E-state index in [1.165, 1.54) is 11.6 Å². The molecule has 3 aromatic rings. The monoisotopic (exact) mass is 236 g/mol. The van der Waals surface area contributed by atoms with Crippen LogP contribution >= 0.6 is 0 Å². The molecule has 0 aliphatic carbocycles. The van der Waals surface area contributed by atoms with Crippen molar-refractivity contribution in [3.05, 3.63) is 54.9 Å². The highest BCUT2D eigenvalue weighted by Gasteiger charge is 2.01. The molecular weight excluding hydrogens is 224 g/mol. The Hall–Kier alpha value is -2.62. The minimum absolute atomic E-state index is 0.403. The van der Waals surface area contributed by atoms with Crippen LogP contribution in [0.25, 0.3) is 10.8 Å². The summed E-state index contributed by atoms with van der Waals surface area (Å²) in [7, 11) is 0. The third kappa shape index (κ3) is 1.96. The van der Waals surface area contributed by atoms with Crippen LogP contribution < -0.4 is 11.1 Å². The molecular formula is C14H12N4. The normalized spacial score (nSPS) is 10.4. The van der Waals surface area contributed by atoms with E-state index in [9.17, 15) is 0 Å². The summed E-state index contributed by atoms with van der Waals surface area (Å²) in [6, 6.07) is 14.3. The maximum absolute atomic E-state index is 5.61. The van der Waals surface area contributed by atoms with E-state index in [4.69, 9.17) is 5.73 Å². The average Bonchev–Trinajstić information content (AvgIpc) is 2.39. The van der Waals surface area contributed by atoms with E-state index < -0.39 is 0 Å². The third-order valence-corrected chi connectivity index (χ3v) is 2.71. The van der Waals surface area contributed by atoms with Gasteiger partial charge in [-0.2, -0.15) is 0 Å². The lowest BCUT2D eigenvalue weighted by Gasteiger charge is -2.08. The van der Waals surface area contributed by atoms with Crippen LogP contribution in [0.4, 0.5) is 17.3 Å². The van der Waals surface area contributed by atoms with Crippen LogP contribution in [0.1, 0.15) is 0 Å². The van der Waals surface area contributed by atoms with E-state index in [0.717, 1.165) is 11.1 Å². The lowest BCUT2D eigenvalue weighted by Crippen LogP contribution is -1.98. The second-order valence-corrected chi connectivity index (χ2v) is 3.98. The molecule has 0 atom stereocenters. The summed E-state index contributed by atoms with van der Waals surface area (Å²) in [4.78, 5) is 8.19. The molecule has 88 valence electrons. The topological polar surface area (TPSA) is 63.8 Å². The molecule has 1 aromatic heterocycles. The van der Waals surface area contributed by atoms with Gasteiger partial charge in [0.15, 0.2) is 5.82 Å². The number of fused-ring (bicyclic) bond motifs is 1. The van der Waals surface area contributed by atoms with E-state index in [-0.39, 0.29) is 0 Å². The quantitative estimate of drug-likeness (QED) is 0.718. The molecule has 1 heterocycles. The minimum atomic E-state index is 0.403. The smallest absolute Gasteiger partial charge is 0.151 e. The number of hydrogen-bond acceptors (Lipinski definition) is 4. The zero-order chi connectivity index (χ0) is 12.4. The molecule has 0 saturated carbocycles. The third-order valence-electron chi connectivity index (χ3n) is 2.71. The lowest BCUT2D eigenvalue weighted by molar-refractivity contribution is 1.21. The van der Waals surface area contributed by atoms with Crippen molar-refractivity contribution < 1.29 is 0 Å². The molecule has 0 fully saturated rings. The predicted molar refractivity (Wildman–Crippen MR) is 73.7 cm³/mol. The number of nitrogen functional groups attached to an aromatic ring is 1. The van der Waals surface area contributed by atoms with Crippen LogP contribution in [0.15, 0.2) is 54.9 Å². The number of aromatic nitrogens is 2. The summed E-state index contributed by atoms with van der Waals surface area (Å²) in [6.07, 6.45) is 3.17. The van der Waals surface area contributed by atoms with Gasteiger partial charge in [-0.1, -0.05) is 36.4 Å². The van der Waals surface area contributed by atoms with Crippen molar-refractivity contribution in [3.63, 3.8) is 0 Å². The number of rotatable bonds is 2. The Labute approximate surface area is 104 Å². The van der Waals surface area contributed by atoms with Gasteiger partial charge in [-0.15, -0.1) is 0 Å². The second kappa shape index (κ2) is 4.33. The first-order valence-electron chi connectivity index (χ1n) is 5.65. The number of benzene rings is 2.